The van der Waals surface area contributed by atoms with Crippen LogP contribution >= 0.6 is 0 Å². The van der Waals surface area contributed by atoms with E-state index in [2.05, 4.69) is 0 Å². The van der Waals surface area contributed by atoms with Crippen molar-refractivity contribution >= 4 is 0 Å². The Morgan fingerprint density at radius 2 is 1.56 bits per heavy atom. The molecule has 0 fully saturated rings. The van der Waals surface area contributed by atoms with Crippen LogP contribution in [0.1, 0.15) is 34.1 Å². The van der Waals surface area contributed by atoms with Crippen LogP contribution in [0.4, 0.5) is 4.39 Å². The minimum atomic E-state index is -1.27. The summed E-state index contributed by atoms with van der Waals surface area (Å²) in [4.78, 5) is 0. The summed E-state index contributed by atoms with van der Waals surface area (Å²) in [5.41, 5.74) is -2.16. The zero-order chi connectivity index (χ0) is 7.71. The van der Waals surface area contributed by atoms with Crippen LogP contribution in [0.15, 0.2) is 0 Å². The highest BCUT2D eigenvalue weighted by Gasteiger charge is 2.25. The van der Waals surface area contributed by atoms with Crippen molar-refractivity contribution in [3.05, 3.63) is 0 Å². The zero-order valence-corrected chi connectivity index (χ0v) is 6.53. The molecule has 0 aromatic carbocycles. The summed E-state index contributed by atoms with van der Waals surface area (Å²) in [7, 11) is 0. The van der Waals surface area contributed by atoms with Gasteiger partial charge in [-0.05, 0) is 27.7 Å². The van der Waals surface area contributed by atoms with E-state index in [1.807, 2.05) is 0 Å². The smallest absolute Gasteiger partial charge is 0.108 e. The van der Waals surface area contributed by atoms with Crippen molar-refractivity contribution in [2.45, 2.75) is 45.4 Å². The second-order valence-electron chi connectivity index (χ2n) is 3.71. The van der Waals surface area contributed by atoms with Crippen LogP contribution in [0.25, 0.3) is 0 Å². The molecule has 0 atom stereocenters. The maximum absolute atomic E-state index is 12.7. The Bertz CT molecular complexity index is 74.1. The predicted octanol–water partition coefficient (Wildman–Crippen LogP) is 1.90. The van der Waals surface area contributed by atoms with E-state index in [1.54, 1.807) is 13.8 Å². The molecule has 1 N–H and O–H groups in total. The summed E-state index contributed by atoms with van der Waals surface area (Å²) >= 11 is 0. The Morgan fingerprint density at radius 1 is 1.22 bits per heavy atom. The third-order valence-electron chi connectivity index (χ3n) is 0.853. The maximum atomic E-state index is 12.7. The van der Waals surface area contributed by atoms with Crippen LogP contribution in [0, 0.1) is 0 Å². The lowest BCUT2D eigenvalue weighted by molar-refractivity contribution is 0.0175. The van der Waals surface area contributed by atoms with Gasteiger partial charge in [0.1, 0.15) is 5.67 Å². The minimum absolute atomic E-state index is 0.181. The van der Waals surface area contributed by atoms with Gasteiger partial charge in [0.15, 0.2) is 0 Å². The topological polar surface area (TPSA) is 20.2 Å². The second-order valence-corrected chi connectivity index (χ2v) is 3.71. The largest absolute Gasteiger partial charge is 0.390 e. The van der Waals surface area contributed by atoms with Gasteiger partial charge in [-0.1, -0.05) is 0 Å². The van der Waals surface area contributed by atoms with Crippen LogP contribution in [0.3, 0.4) is 0 Å². The van der Waals surface area contributed by atoms with Gasteiger partial charge in [-0.2, -0.15) is 0 Å². The van der Waals surface area contributed by atoms with Crippen LogP contribution in [-0.2, 0) is 0 Å². The Balaban J connectivity index is 3.75. The third-order valence-corrected chi connectivity index (χ3v) is 0.853. The summed E-state index contributed by atoms with van der Waals surface area (Å²) in [6.45, 7) is 6.14. The van der Waals surface area contributed by atoms with E-state index in [1.165, 1.54) is 13.8 Å². The fourth-order valence-corrected chi connectivity index (χ4v) is 1.03. The van der Waals surface area contributed by atoms with Crippen molar-refractivity contribution in [1.82, 2.24) is 0 Å². The summed E-state index contributed by atoms with van der Waals surface area (Å²) in [6, 6.07) is 0. The fourth-order valence-electron chi connectivity index (χ4n) is 1.03. The molecular formula is C7H15FO. The molecule has 0 rings (SSSR count). The maximum Gasteiger partial charge on any atom is 0.108 e. The molecule has 1 nitrogen and oxygen atoms in total. The second kappa shape index (κ2) is 2.25. The lowest BCUT2D eigenvalue weighted by atomic mass is 9.94. The van der Waals surface area contributed by atoms with E-state index >= 15 is 0 Å². The zero-order valence-electron chi connectivity index (χ0n) is 6.53. The number of rotatable bonds is 2. The summed E-state index contributed by atoms with van der Waals surface area (Å²) in [5, 5.41) is 9.11. The summed E-state index contributed by atoms with van der Waals surface area (Å²) < 4.78 is 12.7. The molecule has 0 radical (unpaired) electrons. The van der Waals surface area contributed by atoms with Gasteiger partial charge >= 0.3 is 0 Å². The van der Waals surface area contributed by atoms with Crippen LogP contribution in [0.5, 0.6) is 0 Å². The van der Waals surface area contributed by atoms with E-state index in [-0.39, 0.29) is 6.42 Å². The van der Waals surface area contributed by atoms with Gasteiger partial charge in [-0.15, -0.1) is 0 Å². The molecule has 0 spiro atoms. The minimum Gasteiger partial charge on any atom is -0.390 e. The standard InChI is InChI=1S/C7H15FO/c1-6(2,8)5-7(3,4)9/h9H,5H2,1-4H3. The summed E-state index contributed by atoms with van der Waals surface area (Å²) in [5.74, 6) is 0. The van der Waals surface area contributed by atoms with Gasteiger partial charge in [0.25, 0.3) is 0 Å². The molecule has 0 aliphatic rings. The molecule has 0 saturated carbocycles. The lowest BCUT2D eigenvalue weighted by Crippen LogP contribution is -2.29. The normalized spacial score (nSPS) is 14.0. The summed E-state index contributed by atoms with van der Waals surface area (Å²) in [6.07, 6.45) is 0.181. The molecule has 0 unspecified atom stereocenters. The van der Waals surface area contributed by atoms with E-state index in [9.17, 15) is 4.39 Å². The Morgan fingerprint density at radius 3 is 1.56 bits per heavy atom. The molecule has 0 aromatic rings. The highest BCUT2D eigenvalue weighted by molar-refractivity contribution is 4.77. The van der Waals surface area contributed by atoms with Crippen molar-refractivity contribution < 1.29 is 9.50 Å². The van der Waals surface area contributed by atoms with Gasteiger partial charge in [0.05, 0.1) is 5.60 Å². The number of alkyl halides is 1. The molecule has 56 valence electrons. The number of halogens is 1. The van der Waals surface area contributed by atoms with Gasteiger partial charge in [0, 0.05) is 6.42 Å². The first-order chi connectivity index (χ1) is 3.71. The molecular weight excluding hydrogens is 119 g/mol. The van der Waals surface area contributed by atoms with Crippen molar-refractivity contribution in [3.63, 3.8) is 0 Å². The third kappa shape index (κ3) is 7.89. The van der Waals surface area contributed by atoms with Crippen LogP contribution in [-0.4, -0.2) is 16.4 Å². The van der Waals surface area contributed by atoms with E-state index in [0.717, 1.165) is 0 Å². The molecule has 0 saturated heterocycles. The first-order valence-electron chi connectivity index (χ1n) is 3.12. The first-order valence-corrected chi connectivity index (χ1v) is 3.12. The van der Waals surface area contributed by atoms with E-state index in [4.69, 9.17) is 5.11 Å². The van der Waals surface area contributed by atoms with E-state index < -0.39 is 11.3 Å². The molecule has 0 amide bonds. The fraction of sp³-hybridized carbons (Fsp3) is 1.00. The van der Waals surface area contributed by atoms with Gasteiger partial charge in [0.2, 0.25) is 0 Å². The lowest BCUT2D eigenvalue weighted by Gasteiger charge is -2.24. The van der Waals surface area contributed by atoms with Gasteiger partial charge in [-0.25, -0.2) is 4.39 Å². The molecule has 0 bridgehead atoms. The van der Waals surface area contributed by atoms with Crippen molar-refractivity contribution in [3.8, 4) is 0 Å². The molecule has 0 aromatic heterocycles. The Kier molecular flexibility index (Phi) is 2.23. The molecule has 9 heavy (non-hydrogen) atoms. The molecule has 0 aliphatic carbocycles. The van der Waals surface area contributed by atoms with Crippen molar-refractivity contribution in [2.24, 2.45) is 0 Å². The molecule has 2 heteroatoms. The van der Waals surface area contributed by atoms with Crippen LogP contribution < -0.4 is 0 Å². The number of aliphatic hydroxyl groups is 1. The van der Waals surface area contributed by atoms with Gasteiger partial charge in [-0.3, -0.25) is 0 Å². The first kappa shape index (κ1) is 8.89. The number of hydrogen-bond acceptors (Lipinski definition) is 1. The van der Waals surface area contributed by atoms with Crippen molar-refractivity contribution in [1.29, 1.82) is 0 Å². The highest BCUT2D eigenvalue weighted by atomic mass is 19.1. The highest BCUT2D eigenvalue weighted by Crippen LogP contribution is 2.22. The average molecular weight is 134 g/mol. The number of hydrogen-bond donors (Lipinski definition) is 1. The SMILES string of the molecule is CC(C)(O)CC(C)(C)F. The molecule has 0 heterocycles. The Labute approximate surface area is 55.9 Å². The van der Waals surface area contributed by atoms with Crippen molar-refractivity contribution in [2.75, 3.05) is 0 Å². The molecule has 0 aliphatic heterocycles. The quantitative estimate of drug-likeness (QED) is 0.611. The monoisotopic (exact) mass is 134 g/mol. The predicted molar refractivity (Wildman–Crippen MR) is 36.1 cm³/mol. The Hall–Kier alpha value is -0.110. The van der Waals surface area contributed by atoms with Gasteiger partial charge < -0.3 is 5.11 Å². The van der Waals surface area contributed by atoms with E-state index in [0.29, 0.717) is 0 Å². The average Bonchev–Trinajstić information content (AvgIpc) is 1.14. The van der Waals surface area contributed by atoms with Crippen LogP contribution in [0.2, 0.25) is 0 Å².